The van der Waals surface area contributed by atoms with Gasteiger partial charge in [0.25, 0.3) is 5.91 Å². The Morgan fingerprint density at radius 3 is 2.53 bits per heavy atom. The minimum absolute atomic E-state index is 0.0642. The van der Waals surface area contributed by atoms with Crippen LogP contribution in [0.4, 0.5) is 0 Å². The molecular weight excluding hydrogens is 246 g/mol. The lowest BCUT2D eigenvalue weighted by molar-refractivity contribution is -0.120. The molecule has 0 aliphatic heterocycles. The molecule has 6 heteroatoms. The highest BCUT2D eigenvalue weighted by Crippen LogP contribution is 2.05. The third-order valence-corrected chi connectivity index (χ3v) is 2.42. The van der Waals surface area contributed by atoms with Crippen molar-refractivity contribution >= 4 is 17.7 Å². The molecule has 0 unspecified atom stereocenters. The number of rotatable bonds is 5. The molecule has 0 atom stereocenters. The van der Waals surface area contributed by atoms with Crippen molar-refractivity contribution in [3.8, 4) is 0 Å². The highest BCUT2D eigenvalue weighted by molar-refractivity contribution is 5.96. The summed E-state index contributed by atoms with van der Waals surface area (Å²) in [4.78, 5) is 33.6. The first-order valence-electron chi connectivity index (χ1n) is 5.85. The number of nitrogens with one attached hydrogen (secondary N) is 3. The predicted molar refractivity (Wildman–Crippen MR) is 70.4 cm³/mol. The van der Waals surface area contributed by atoms with E-state index in [9.17, 15) is 14.4 Å². The fraction of sp³-hybridized carbons (Fsp3) is 0.308. The van der Waals surface area contributed by atoms with E-state index in [0.29, 0.717) is 12.1 Å². The van der Waals surface area contributed by atoms with E-state index >= 15 is 0 Å². The van der Waals surface area contributed by atoms with Gasteiger partial charge < -0.3 is 16.0 Å². The van der Waals surface area contributed by atoms with Crippen LogP contribution in [-0.4, -0.2) is 31.3 Å². The summed E-state index contributed by atoms with van der Waals surface area (Å²) < 4.78 is 0. The molecule has 0 heterocycles. The largest absolute Gasteiger partial charge is 0.358 e. The van der Waals surface area contributed by atoms with Gasteiger partial charge in [0, 0.05) is 26.1 Å². The van der Waals surface area contributed by atoms with Crippen molar-refractivity contribution in [3.63, 3.8) is 0 Å². The van der Waals surface area contributed by atoms with E-state index in [1.165, 1.54) is 14.0 Å². The molecule has 1 aromatic carbocycles. The van der Waals surface area contributed by atoms with Crippen LogP contribution in [-0.2, 0) is 16.1 Å². The number of amides is 3. The Morgan fingerprint density at radius 2 is 1.89 bits per heavy atom. The molecule has 3 amide bonds. The van der Waals surface area contributed by atoms with Gasteiger partial charge in [-0.1, -0.05) is 12.1 Å². The molecule has 0 fully saturated rings. The number of hydrogen-bond acceptors (Lipinski definition) is 3. The third kappa shape index (κ3) is 5.20. The summed E-state index contributed by atoms with van der Waals surface area (Å²) in [6, 6.07) is 6.86. The number of benzene rings is 1. The van der Waals surface area contributed by atoms with Crippen LogP contribution in [0.3, 0.4) is 0 Å². The van der Waals surface area contributed by atoms with Crippen LogP contribution in [0.2, 0.25) is 0 Å². The van der Waals surface area contributed by atoms with E-state index in [-0.39, 0.29) is 24.3 Å². The van der Waals surface area contributed by atoms with Crippen LogP contribution in [0.5, 0.6) is 0 Å². The van der Waals surface area contributed by atoms with Crippen molar-refractivity contribution in [2.24, 2.45) is 0 Å². The van der Waals surface area contributed by atoms with Gasteiger partial charge in [0.15, 0.2) is 0 Å². The standard InChI is InChI=1S/C13H17N3O3/c1-9(17)15-7-10-4-3-5-11(6-10)13(19)16-8-12(18)14-2/h3-6H,7-8H2,1-2H3,(H,14,18)(H,15,17)(H,16,19). The molecular formula is C13H17N3O3. The maximum atomic E-state index is 11.8. The summed E-state index contributed by atoms with van der Waals surface area (Å²) in [5, 5.41) is 7.57. The van der Waals surface area contributed by atoms with E-state index in [4.69, 9.17) is 0 Å². The van der Waals surface area contributed by atoms with Crippen LogP contribution in [0, 0.1) is 0 Å². The summed E-state index contributed by atoms with van der Waals surface area (Å²) in [7, 11) is 1.50. The Balaban J connectivity index is 2.62. The van der Waals surface area contributed by atoms with Crippen molar-refractivity contribution < 1.29 is 14.4 Å². The van der Waals surface area contributed by atoms with Crippen LogP contribution < -0.4 is 16.0 Å². The van der Waals surface area contributed by atoms with Gasteiger partial charge in [-0.15, -0.1) is 0 Å². The van der Waals surface area contributed by atoms with Crippen LogP contribution in [0.15, 0.2) is 24.3 Å². The fourth-order valence-electron chi connectivity index (χ4n) is 1.40. The lowest BCUT2D eigenvalue weighted by atomic mass is 10.1. The Hall–Kier alpha value is -2.37. The van der Waals surface area contributed by atoms with Crippen LogP contribution in [0.25, 0.3) is 0 Å². The molecule has 3 N–H and O–H groups in total. The van der Waals surface area contributed by atoms with Gasteiger partial charge in [-0.05, 0) is 17.7 Å². The molecule has 0 aliphatic rings. The smallest absolute Gasteiger partial charge is 0.251 e. The van der Waals surface area contributed by atoms with Gasteiger partial charge in [-0.3, -0.25) is 14.4 Å². The molecule has 0 bridgehead atoms. The van der Waals surface area contributed by atoms with Gasteiger partial charge in [-0.25, -0.2) is 0 Å². The summed E-state index contributed by atoms with van der Waals surface area (Å²) in [6.45, 7) is 1.73. The van der Waals surface area contributed by atoms with Gasteiger partial charge in [0.1, 0.15) is 0 Å². The number of likely N-dealkylation sites (N-methyl/N-ethyl adjacent to an activating group) is 1. The predicted octanol–water partition coefficient (Wildman–Crippen LogP) is -0.202. The molecule has 0 aliphatic carbocycles. The van der Waals surface area contributed by atoms with Crippen molar-refractivity contribution in [2.45, 2.75) is 13.5 Å². The fourth-order valence-corrected chi connectivity index (χ4v) is 1.40. The SMILES string of the molecule is CNC(=O)CNC(=O)c1cccc(CNC(C)=O)c1. The zero-order valence-corrected chi connectivity index (χ0v) is 10.9. The second-order valence-corrected chi connectivity index (χ2v) is 3.97. The molecule has 0 spiro atoms. The molecule has 102 valence electrons. The van der Waals surface area contributed by atoms with E-state index < -0.39 is 0 Å². The number of carbonyl (C=O) groups excluding carboxylic acids is 3. The highest BCUT2D eigenvalue weighted by Gasteiger charge is 2.07. The molecule has 0 saturated heterocycles. The van der Waals surface area contributed by atoms with Crippen LogP contribution >= 0.6 is 0 Å². The number of carbonyl (C=O) groups is 3. The van der Waals surface area contributed by atoms with Gasteiger partial charge in [0.05, 0.1) is 6.54 Å². The summed E-state index contributed by atoms with van der Waals surface area (Å²) in [5.41, 5.74) is 1.27. The summed E-state index contributed by atoms with van der Waals surface area (Å²) in [6.07, 6.45) is 0. The zero-order valence-electron chi connectivity index (χ0n) is 10.9. The first-order valence-corrected chi connectivity index (χ1v) is 5.85. The minimum Gasteiger partial charge on any atom is -0.358 e. The highest BCUT2D eigenvalue weighted by atomic mass is 16.2. The molecule has 0 radical (unpaired) electrons. The van der Waals surface area contributed by atoms with Crippen LogP contribution in [0.1, 0.15) is 22.8 Å². The minimum atomic E-state index is -0.326. The Kier molecular flexibility index (Phi) is 5.53. The Bertz CT molecular complexity index is 486. The third-order valence-electron chi connectivity index (χ3n) is 2.42. The molecule has 6 nitrogen and oxygen atoms in total. The molecule has 19 heavy (non-hydrogen) atoms. The first kappa shape index (κ1) is 14.7. The topological polar surface area (TPSA) is 87.3 Å². The average molecular weight is 263 g/mol. The molecule has 0 saturated carbocycles. The molecule has 1 aromatic rings. The molecule has 0 aromatic heterocycles. The van der Waals surface area contributed by atoms with E-state index in [1.54, 1.807) is 18.2 Å². The Labute approximate surface area is 111 Å². The summed E-state index contributed by atoms with van der Waals surface area (Å²) >= 11 is 0. The second kappa shape index (κ2) is 7.15. The van der Waals surface area contributed by atoms with Crippen molar-refractivity contribution in [3.05, 3.63) is 35.4 Å². The van der Waals surface area contributed by atoms with Crippen molar-refractivity contribution in [1.29, 1.82) is 0 Å². The lowest BCUT2D eigenvalue weighted by Crippen LogP contribution is -2.35. The van der Waals surface area contributed by atoms with Crippen molar-refractivity contribution in [2.75, 3.05) is 13.6 Å². The normalized spacial score (nSPS) is 9.58. The maximum absolute atomic E-state index is 11.8. The van der Waals surface area contributed by atoms with Gasteiger partial charge >= 0.3 is 0 Å². The second-order valence-electron chi connectivity index (χ2n) is 3.97. The van der Waals surface area contributed by atoms with E-state index in [0.717, 1.165) is 5.56 Å². The number of hydrogen-bond donors (Lipinski definition) is 3. The van der Waals surface area contributed by atoms with Gasteiger partial charge in [0.2, 0.25) is 11.8 Å². The lowest BCUT2D eigenvalue weighted by Gasteiger charge is -2.07. The van der Waals surface area contributed by atoms with Gasteiger partial charge in [-0.2, -0.15) is 0 Å². The molecule has 1 rings (SSSR count). The first-order chi connectivity index (χ1) is 9.02. The van der Waals surface area contributed by atoms with E-state index in [2.05, 4.69) is 16.0 Å². The maximum Gasteiger partial charge on any atom is 0.251 e. The quantitative estimate of drug-likeness (QED) is 0.687. The monoisotopic (exact) mass is 263 g/mol. The van der Waals surface area contributed by atoms with Crippen molar-refractivity contribution in [1.82, 2.24) is 16.0 Å². The average Bonchev–Trinajstić information content (AvgIpc) is 2.42. The Morgan fingerprint density at radius 1 is 1.16 bits per heavy atom. The summed E-state index contributed by atoms with van der Waals surface area (Å²) in [5.74, 6) is -0.717. The van der Waals surface area contributed by atoms with E-state index in [1.807, 2.05) is 6.07 Å². The zero-order chi connectivity index (χ0) is 14.3.